The molecule has 0 bridgehead atoms. The van der Waals surface area contributed by atoms with E-state index in [0.29, 0.717) is 22.8 Å². The Kier molecular flexibility index (Phi) is 5.54. The Bertz CT molecular complexity index is 1160. The topological polar surface area (TPSA) is 115 Å². The summed E-state index contributed by atoms with van der Waals surface area (Å²) in [6.07, 6.45) is -0.802. The van der Waals surface area contributed by atoms with Crippen LogP contribution in [0, 0.1) is 0 Å². The van der Waals surface area contributed by atoms with Crippen LogP contribution in [0.25, 0.3) is 10.9 Å². The molecule has 0 atom stereocenters. The summed E-state index contributed by atoms with van der Waals surface area (Å²) in [5.41, 5.74) is -0.769. The smallest absolute Gasteiger partial charge is 0.303 e. The van der Waals surface area contributed by atoms with E-state index in [1.54, 1.807) is 36.4 Å². The zero-order valence-electron chi connectivity index (χ0n) is 15.8. The van der Waals surface area contributed by atoms with Crippen LogP contribution in [-0.4, -0.2) is 33.6 Å². The number of rotatable bonds is 7. The van der Waals surface area contributed by atoms with Gasteiger partial charge in [-0.1, -0.05) is 12.1 Å². The molecule has 1 heterocycles. The molecule has 0 radical (unpaired) electrons. The molecule has 0 saturated carbocycles. The highest BCUT2D eigenvalue weighted by atomic mass is 16.5. The largest absolute Gasteiger partial charge is 0.506 e. The first-order valence-corrected chi connectivity index (χ1v) is 8.75. The van der Waals surface area contributed by atoms with E-state index in [0.717, 1.165) is 0 Å². The lowest BCUT2D eigenvalue weighted by atomic mass is 10.0. The molecular formula is C21H19NO7. The van der Waals surface area contributed by atoms with E-state index in [1.807, 2.05) is 0 Å². The summed E-state index contributed by atoms with van der Waals surface area (Å²) in [6, 6.07) is 11.7. The van der Waals surface area contributed by atoms with Gasteiger partial charge in [-0.2, -0.15) is 0 Å². The van der Waals surface area contributed by atoms with Crippen molar-refractivity contribution >= 4 is 22.7 Å². The number of aliphatic carboxylic acids is 1. The first-order chi connectivity index (χ1) is 13.8. The van der Waals surface area contributed by atoms with Crippen LogP contribution in [0.5, 0.6) is 23.0 Å². The standard InChI is InChI=1S/C21H19NO7/c1-22-14-11-12(29-17-6-4-3-5-16(17)28-2)7-8-13(14)20(26)19(21(22)27)15(23)9-10-18(24)25/h3-8,11,26H,9-10H2,1-2H3,(H,24,25). The van der Waals surface area contributed by atoms with Crippen LogP contribution >= 0.6 is 0 Å². The number of aryl methyl sites for hydroxylation is 1. The predicted octanol–water partition coefficient (Wildman–Crippen LogP) is 3.09. The van der Waals surface area contributed by atoms with E-state index in [2.05, 4.69) is 0 Å². The number of ether oxygens (including phenoxy) is 2. The number of hydrogen-bond donors (Lipinski definition) is 2. The number of carbonyl (C=O) groups excluding carboxylic acids is 1. The van der Waals surface area contributed by atoms with Gasteiger partial charge in [0.05, 0.1) is 19.0 Å². The van der Waals surface area contributed by atoms with Crippen LogP contribution in [-0.2, 0) is 11.8 Å². The molecule has 0 saturated heterocycles. The summed E-state index contributed by atoms with van der Waals surface area (Å²) in [6.45, 7) is 0. The molecule has 29 heavy (non-hydrogen) atoms. The van der Waals surface area contributed by atoms with Crippen LogP contribution in [0.4, 0.5) is 0 Å². The molecule has 2 aromatic carbocycles. The molecule has 8 nitrogen and oxygen atoms in total. The Morgan fingerprint density at radius 3 is 2.41 bits per heavy atom. The average Bonchev–Trinajstić information content (AvgIpc) is 2.71. The number of carboxylic acid groups (broad SMARTS) is 1. The van der Waals surface area contributed by atoms with E-state index in [-0.39, 0.29) is 11.8 Å². The number of aromatic hydroxyl groups is 1. The molecule has 0 spiro atoms. The summed E-state index contributed by atoms with van der Waals surface area (Å²) in [4.78, 5) is 35.6. The Labute approximate surface area is 165 Å². The van der Waals surface area contributed by atoms with Crippen LogP contribution < -0.4 is 15.0 Å². The SMILES string of the molecule is COc1ccccc1Oc1ccc2c(O)c(C(=O)CCC(=O)O)c(=O)n(C)c2c1. The van der Waals surface area contributed by atoms with E-state index < -0.39 is 35.0 Å². The van der Waals surface area contributed by atoms with Crippen LogP contribution in [0.3, 0.4) is 0 Å². The molecule has 2 N–H and O–H groups in total. The van der Waals surface area contributed by atoms with Gasteiger partial charge in [0.25, 0.3) is 5.56 Å². The number of para-hydroxylation sites is 2. The Morgan fingerprint density at radius 1 is 1.07 bits per heavy atom. The van der Waals surface area contributed by atoms with Crippen molar-refractivity contribution in [3.05, 3.63) is 58.4 Å². The number of methoxy groups -OCH3 is 1. The van der Waals surface area contributed by atoms with Crippen molar-refractivity contribution in [2.45, 2.75) is 12.8 Å². The van der Waals surface area contributed by atoms with E-state index in [1.165, 1.54) is 24.8 Å². The molecule has 0 aliphatic heterocycles. The molecule has 0 amide bonds. The number of aromatic nitrogens is 1. The lowest BCUT2D eigenvalue weighted by Crippen LogP contribution is -2.25. The number of Topliss-reactive ketones (excluding diaryl/α,β-unsaturated/α-hetero) is 1. The van der Waals surface area contributed by atoms with Gasteiger partial charge >= 0.3 is 5.97 Å². The Balaban J connectivity index is 2.05. The fourth-order valence-corrected chi connectivity index (χ4v) is 2.99. The third kappa shape index (κ3) is 3.91. The van der Waals surface area contributed by atoms with Crippen molar-refractivity contribution in [1.82, 2.24) is 4.57 Å². The number of pyridine rings is 1. The normalized spacial score (nSPS) is 10.7. The maximum atomic E-state index is 12.6. The lowest BCUT2D eigenvalue weighted by Gasteiger charge is -2.14. The maximum absolute atomic E-state index is 12.6. The number of ketones is 1. The highest BCUT2D eigenvalue weighted by molar-refractivity contribution is 6.04. The number of fused-ring (bicyclic) bond motifs is 1. The first-order valence-electron chi connectivity index (χ1n) is 8.75. The predicted molar refractivity (Wildman–Crippen MR) is 105 cm³/mol. The van der Waals surface area contributed by atoms with Gasteiger partial charge < -0.3 is 24.3 Å². The van der Waals surface area contributed by atoms with Gasteiger partial charge in [-0.25, -0.2) is 0 Å². The third-order valence-electron chi connectivity index (χ3n) is 4.48. The number of carboxylic acids is 1. The highest BCUT2D eigenvalue weighted by Crippen LogP contribution is 2.34. The Morgan fingerprint density at radius 2 is 1.76 bits per heavy atom. The molecule has 0 aliphatic carbocycles. The summed E-state index contributed by atoms with van der Waals surface area (Å²) in [7, 11) is 2.98. The molecule has 3 aromatic rings. The highest BCUT2D eigenvalue weighted by Gasteiger charge is 2.22. The van der Waals surface area contributed by atoms with Crippen LogP contribution in [0.2, 0.25) is 0 Å². The quantitative estimate of drug-likeness (QED) is 0.589. The van der Waals surface area contributed by atoms with Gasteiger partial charge in [0.15, 0.2) is 17.3 Å². The van der Waals surface area contributed by atoms with Crippen molar-refractivity contribution in [3.8, 4) is 23.0 Å². The second-order valence-electron chi connectivity index (χ2n) is 6.34. The van der Waals surface area contributed by atoms with Crippen LogP contribution in [0.15, 0.2) is 47.3 Å². The molecule has 0 unspecified atom stereocenters. The van der Waals surface area contributed by atoms with E-state index >= 15 is 0 Å². The van der Waals surface area contributed by atoms with Gasteiger partial charge in [-0.15, -0.1) is 0 Å². The number of nitrogens with zero attached hydrogens (tertiary/aromatic N) is 1. The van der Waals surface area contributed by atoms with E-state index in [9.17, 15) is 19.5 Å². The molecule has 8 heteroatoms. The first kappa shape index (κ1) is 19.9. The minimum atomic E-state index is -1.16. The lowest BCUT2D eigenvalue weighted by molar-refractivity contribution is -0.136. The minimum Gasteiger partial charge on any atom is -0.506 e. The minimum absolute atomic E-state index is 0.276. The molecule has 0 fully saturated rings. The summed E-state index contributed by atoms with van der Waals surface area (Å²) >= 11 is 0. The van der Waals surface area contributed by atoms with Crippen molar-refractivity contribution in [3.63, 3.8) is 0 Å². The van der Waals surface area contributed by atoms with Gasteiger partial charge in [-0.05, 0) is 24.3 Å². The summed E-state index contributed by atoms with van der Waals surface area (Å²) in [5.74, 6) is -0.938. The Hall–Kier alpha value is -3.81. The number of benzene rings is 2. The summed E-state index contributed by atoms with van der Waals surface area (Å²) in [5, 5.41) is 19.5. The second-order valence-corrected chi connectivity index (χ2v) is 6.34. The summed E-state index contributed by atoms with van der Waals surface area (Å²) < 4.78 is 12.3. The van der Waals surface area contributed by atoms with Crippen molar-refractivity contribution in [2.75, 3.05) is 7.11 Å². The number of carbonyl (C=O) groups is 2. The van der Waals surface area contributed by atoms with Gasteiger partial charge in [0, 0.05) is 24.9 Å². The molecule has 0 aliphatic rings. The van der Waals surface area contributed by atoms with Crippen molar-refractivity contribution in [2.24, 2.45) is 7.05 Å². The van der Waals surface area contributed by atoms with Gasteiger partial charge in [0.1, 0.15) is 17.1 Å². The van der Waals surface area contributed by atoms with Crippen molar-refractivity contribution in [1.29, 1.82) is 0 Å². The van der Waals surface area contributed by atoms with Crippen molar-refractivity contribution < 1.29 is 29.3 Å². The van der Waals surface area contributed by atoms with Gasteiger partial charge in [0.2, 0.25) is 0 Å². The fraction of sp³-hybridized carbons (Fsp3) is 0.190. The zero-order valence-corrected chi connectivity index (χ0v) is 15.8. The number of hydrogen-bond acceptors (Lipinski definition) is 6. The molecule has 150 valence electrons. The fourth-order valence-electron chi connectivity index (χ4n) is 2.99. The third-order valence-corrected chi connectivity index (χ3v) is 4.48. The molecule has 3 rings (SSSR count). The average molecular weight is 397 g/mol. The maximum Gasteiger partial charge on any atom is 0.303 e. The monoisotopic (exact) mass is 397 g/mol. The molecule has 1 aromatic heterocycles. The van der Waals surface area contributed by atoms with E-state index in [4.69, 9.17) is 14.6 Å². The second kappa shape index (κ2) is 8.05. The molecular weight excluding hydrogens is 378 g/mol. The van der Waals surface area contributed by atoms with Crippen LogP contribution in [0.1, 0.15) is 23.2 Å². The van der Waals surface area contributed by atoms with Gasteiger partial charge in [-0.3, -0.25) is 14.4 Å². The zero-order chi connectivity index (χ0) is 21.1.